The maximum atomic E-state index is 12.3. The lowest BCUT2D eigenvalue weighted by molar-refractivity contribution is -0.133. The third kappa shape index (κ3) is 6.74. The minimum Gasteiger partial charge on any atom is -0.369 e. The van der Waals surface area contributed by atoms with Crippen molar-refractivity contribution in [3.63, 3.8) is 0 Å². The lowest BCUT2D eigenvalue weighted by Gasteiger charge is -2.25. The smallest absolute Gasteiger partial charge is 0.239 e. The number of guanidine groups is 1. The highest BCUT2D eigenvalue weighted by atomic mass is 35.5. The summed E-state index contributed by atoms with van der Waals surface area (Å²) in [5.41, 5.74) is 1.17. The zero-order valence-corrected chi connectivity index (χ0v) is 19.9. The maximum absolute atomic E-state index is 12.3. The molecule has 0 radical (unpaired) electrons. The molecule has 7 nitrogen and oxygen atoms in total. The standard InChI is InChI=1S/C23H37ClN6O/c1-4-25-23(26-12-7-14-29-13-6-10-21(29)22(31)28(2)3)27-19-11-15-30(17-19)20-9-5-8-18(24)16-20/h5,8-9,16,19,21H,4,6-7,10-15,17H2,1-3H3,(H2,25,26,27). The van der Waals surface area contributed by atoms with Crippen molar-refractivity contribution in [3.05, 3.63) is 29.3 Å². The first kappa shape index (κ1) is 23.7. The second kappa shape index (κ2) is 11.6. The first-order valence-electron chi connectivity index (χ1n) is 11.5. The van der Waals surface area contributed by atoms with Crippen LogP contribution in [0.2, 0.25) is 5.02 Å². The fourth-order valence-electron chi connectivity index (χ4n) is 4.43. The number of halogens is 1. The Labute approximate surface area is 191 Å². The quantitative estimate of drug-likeness (QED) is 0.363. The molecule has 1 aromatic rings. The van der Waals surface area contributed by atoms with Crippen LogP contribution in [0.25, 0.3) is 0 Å². The fraction of sp³-hybridized carbons (Fsp3) is 0.652. The van der Waals surface area contributed by atoms with Crippen LogP contribution in [0.4, 0.5) is 5.69 Å². The fourth-order valence-corrected chi connectivity index (χ4v) is 4.62. The maximum Gasteiger partial charge on any atom is 0.239 e. The highest BCUT2D eigenvalue weighted by molar-refractivity contribution is 6.30. The monoisotopic (exact) mass is 448 g/mol. The van der Waals surface area contributed by atoms with Crippen molar-refractivity contribution < 1.29 is 4.79 Å². The molecule has 2 unspecified atom stereocenters. The van der Waals surface area contributed by atoms with Crippen LogP contribution in [0, 0.1) is 0 Å². The van der Waals surface area contributed by atoms with Gasteiger partial charge in [-0.1, -0.05) is 17.7 Å². The van der Waals surface area contributed by atoms with Crippen molar-refractivity contribution in [3.8, 4) is 0 Å². The minimum absolute atomic E-state index is 0.0429. The first-order valence-corrected chi connectivity index (χ1v) is 11.9. The minimum atomic E-state index is 0.0429. The number of rotatable bonds is 8. The Morgan fingerprint density at radius 2 is 2.13 bits per heavy atom. The van der Waals surface area contributed by atoms with Crippen molar-refractivity contribution in [1.29, 1.82) is 0 Å². The van der Waals surface area contributed by atoms with E-state index in [2.05, 4.69) is 33.4 Å². The number of aliphatic imine (C=N–C) groups is 1. The van der Waals surface area contributed by atoms with Crippen molar-refractivity contribution in [2.75, 3.05) is 58.3 Å². The van der Waals surface area contributed by atoms with Gasteiger partial charge in [0.2, 0.25) is 5.91 Å². The number of carbonyl (C=O) groups is 1. The Morgan fingerprint density at radius 1 is 1.29 bits per heavy atom. The van der Waals surface area contributed by atoms with E-state index in [9.17, 15) is 4.79 Å². The summed E-state index contributed by atoms with van der Waals surface area (Å²) in [6.07, 6.45) is 4.09. The number of hydrogen-bond donors (Lipinski definition) is 2. The molecule has 8 heteroatoms. The van der Waals surface area contributed by atoms with Gasteiger partial charge >= 0.3 is 0 Å². The third-order valence-corrected chi connectivity index (χ3v) is 6.24. The zero-order valence-electron chi connectivity index (χ0n) is 19.1. The van der Waals surface area contributed by atoms with Crippen LogP contribution < -0.4 is 15.5 Å². The normalized spacial score (nSPS) is 22.1. The molecule has 2 saturated heterocycles. The number of benzene rings is 1. The number of likely N-dealkylation sites (tertiary alicyclic amines) is 1. The van der Waals surface area contributed by atoms with Crippen LogP contribution in [0.3, 0.4) is 0 Å². The summed E-state index contributed by atoms with van der Waals surface area (Å²) in [4.78, 5) is 23.5. The van der Waals surface area contributed by atoms with Crippen LogP contribution in [0.5, 0.6) is 0 Å². The van der Waals surface area contributed by atoms with E-state index < -0.39 is 0 Å². The van der Waals surface area contributed by atoms with Crippen molar-refractivity contribution in [2.24, 2.45) is 4.99 Å². The molecule has 0 spiro atoms. The van der Waals surface area contributed by atoms with Crippen LogP contribution in [0.1, 0.15) is 32.6 Å². The molecule has 2 N–H and O–H groups in total. The van der Waals surface area contributed by atoms with E-state index in [4.69, 9.17) is 16.6 Å². The summed E-state index contributed by atoms with van der Waals surface area (Å²) >= 11 is 6.15. The largest absolute Gasteiger partial charge is 0.369 e. The molecule has 2 aliphatic rings. The van der Waals surface area contributed by atoms with E-state index in [0.717, 1.165) is 75.9 Å². The molecular formula is C23H37ClN6O. The van der Waals surface area contributed by atoms with E-state index in [1.165, 1.54) is 5.69 Å². The number of anilines is 1. The molecular weight excluding hydrogens is 412 g/mol. The molecule has 31 heavy (non-hydrogen) atoms. The molecule has 2 heterocycles. The molecule has 2 atom stereocenters. The van der Waals surface area contributed by atoms with Gasteiger partial charge in [-0.3, -0.25) is 14.7 Å². The van der Waals surface area contributed by atoms with E-state index >= 15 is 0 Å². The van der Waals surface area contributed by atoms with E-state index in [-0.39, 0.29) is 11.9 Å². The number of likely N-dealkylation sites (N-methyl/N-ethyl adjacent to an activating group) is 1. The molecule has 0 aromatic heterocycles. The van der Waals surface area contributed by atoms with Crippen LogP contribution in [-0.4, -0.2) is 87.1 Å². The predicted octanol–water partition coefficient (Wildman–Crippen LogP) is 2.42. The number of nitrogens with zero attached hydrogens (tertiary/aromatic N) is 4. The van der Waals surface area contributed by atoms with Crippen molar-refractivity contribution in [1.82, 2.24) is 20.4 Å². The van der Waals surface area contributed by atoms with Gasteiger partial charge in [0.05, 0.1) is 6.04 Å². The van der Waals surface area contributed by atoms with Gasteiger partial charge in [0, 0.05) is 63.6 Å². The molecule has 0 aliphatic carbocycles. The second-order valence-electron chi connectivity index (χ2n) is 8.60. The van der Waals surface area contributed by atoms with Gasteiger partial charge < -0.3 is 20.4 Å². The lowest BCUT2D eigenvalue weighted by atomic mass is 10.2. The Hall–Kier alpha value is -1.99. The first-order chi connectivity index (χ1) is 15.0. The number of nitrogens with one attached hydrogen (secondary N) is 2. The summed E-state index contributed by atoms with van der Waals surface area (Å²) in [5.74, 6) is 1.10. The van der Waals surface area contributed by atoms with Gasteiger partial charge in [-0.15, -0.1) is 0 Å². The Kier molecular flexibility index (Phi) is 8.84. The molecule has 2 aliphatic heterocycles. The summed E-state index contributed by atoms with van der Waals surface area (Å²) < 4.78 is 0. The molecule has 1 aromatic carbocycles. The Balaban J connectivity index is 1.46. The van der Waals surface area contributed by atoms with Crippen LogP contribution in [0.15, 0.2) is 29.3 Å². The number of hydrogen-bond acceptors (Lipinski definition) is 4. The second-order valence-corrected chi connectivity index (χ2v) is 9.03. The van der Waals surface area contributed by atoms with Gasteiger partial charge in [-0.25, -0.2) is 0 Å². The highest BCUT2D eigenvalue weighted by Crippen LogP contribution is 2.23. The third-order valence-electron chi connectivity index (χ3n) is 6.01. The van der Waals surface area contributed by atoms with Crippen molar-refractivity contribution in [2.45, 2.75) is 44.7 Å². The summed E-state index contributed by atoms with van der Waals surface area (Å²) in [6, 6.07) is 8.45. The topological polar surface area (TPSA) is 63.2 Å². The van der Waals surface area contributed by atoms with E-state index in [1.807, 2.05) is 32.3 Å². The summed E-state index contributed by atoms with van der Waals surface area (Å²) in [7, 11) is 3.68. The molecule has 172 valence electrons. The van der Waals surface area contributed by atoms with Gasteiger partial charge in [0.15, 0.2) is 5.96 Å². The van der Waals surface area contributed by atoms with E-state index in [1.54, 1.807) is 4.90 Å². The molecule has 0 saturated carbocycles. The van der Waals surface area contributed by atoms with Crippen molar-refractivity contribution >= 4 is 29.2 Å². The van der Waals surface area contributed by atoms with Gasteiger partial charge in [-0.2, -0.15) is 0 Å². The molecule has 1 amide bonds. The highest BCUT2D eigenvalue weighted by Gasteiger charge is 2.31. The average Bonchev–Trinajstić information content (AvgIpc) is 3.40. The van der Waals surface area contributed by atoms with Gasteiger partial charge in [-0.05, 0) is 57.4 Å². The Morgan fingerprint density at radius 3 is 2.87 bits per heavy atom. The molecule has 3 rings (SSSR count). The lowest BCUT2D eigenvalue weighted by Crippen LogP contribution is -2.45. The SMILES string of the molecule is CCNC(=NCCCN1CCCC1C(=O)N(C)C)NC1CCN(c2cccc(Cl)c2)C1. The molecule has 2 fully saturated rings. The summed E-state index contributed by atoms with van der Waals surface area (Å²) in [6.45, 7) is 7.54. The summed E-state index contributed by atoms with van der Waals surface area (Å²) in [5, 5.41) is 7.73. The zero-order chi connectivity index (χ0) is 22.2. The number of carbonyl (C=O) groups excluding carboxylic acids is 1. The van der Waals surface area contributed by atoms with Gasteiger partial charge in [0.25, 0.3) is 0 Å². The number of amides is 1. The Bertz CT molecular complexity index is 755. The van der Waals surface area contributed by atoms with Gasteiger partial charge in [0.1, 0.15) is 0 Å². The average molecular weight is 449 g/mol. The van der Waals surface area contributed by atoms with Crippen LogP contribution >= 0.6 is 11.6 Å². The van der Waals surface area contributed by atoms with E-state index in [0.29, 0.717) is 6.04 Å². The molecule has 0 bridgehead atoms. The van der Waals surface area contributed by atoms with Crippen LogP contribution in [-0.2, 0) is 4.79 Å². The predicted molar refractivity (Wildman–Crippen MR) is 129 cm³/mol.